The van der Waals surface area contributed by atoms with E-state index >= 15 is 0 Å². The Hall–Kier alpha value is -7.77. The average Bonchev–Trinajstić information content (AvgIpc) is 3.79. The summed E-state index contributed by atoms with van der Waals surface area (Å²) in [4.78, 5) is 14.8. The topological polar surface area (TPSA) is 120 Å². The lowest BCUT2D eigenvalue weighted by atomic mass is 9.90. The smallest absolute Gasteiger partial charge is 0.201 e. The number of nitrogens with zero attached hydrogens (tertiary/aromatic N) is 3. The maximum Gasteiger partial charge on any atom is 0.201 e. The first kappa shape index (κ1) is 34.7. The normalized spacial score (nSPS) is 12.0. The highest BCUT2D eigenvalue weighted by molar-refractivity contribution is 6.14. The van der Waals surface area contributed by atoms with Crippen molar-refractivity contribution < 1.29 is 20.4 Å². The van der Waals surface area contributed by atoms with Crippen molar-refractivity contribution >= 4 is 27.6 Å². The van der Waals surface area contributed by atoms with E-state index in [4.69, 9.17) is 15.0 Å². The summed E-state index contributed by atoms with van der Waals surface area (Å²) < 4.78 is 0. The predicted octanol–water partition coefficient (Wildman–Crippen LogP) is 11.9. The van der Waals surface area contributed by atoms with Crippen molar-refractivity contribution in [2.75, 3.05) is 0 Å². The minimum atomic E-state index is -0.694. The molecule has 58 heavy (non-hydrogen) atoms. The van der Waals surface area contributed by atoms with Crippen LogP contribution in [0, 0.1) is 6.92 Å². The van der Waals surface area contributed by atoms with Gasteiger partial charge in [-0.05, 0) is 92.0 Å². The molecule has 7 nitrogen and oxygen atoms in total. The predicted molar refractivity (Wildman–Crippen MR) is 232 cm³/mol. The maximum atomic E-state index is 10.8. The molecule has 7 heteroatoms. The van der Waals surface area contributed by atoms with Crippen molar-refractivity contribution in [1.29, 1.82) is 0 Å². The maximum absolute atomic E-state index is 10.8. The van der Waals surface area contributed by atoms with Gasteiger partial charge >= 0.3 is 0 Å². The standard InChI is InChI=1S/C51H35N3O4/c1-29-45(55)44(47(57)48(58)46(29)56)30-20-22-32(23-21-30)50-52-49(31-10-3-2-4-11-31)53-51(54-50)37-15-8-14-35(27-37)33-12-7-13-34(26-33)36-24-25-42-40-19-9-18-39(40)38-16-5-6-17-41(38)43(42)28-36/h2-17,19-28,55-58H,18H2,1H3. The highest BCUT2D eigenvalue weighted by Crippen LogP contribution is 2.51. The van der Waals surface area contributed by atoms with E-state index in [1.807, 2.05) is 42.5 Å². The Morgan fingerprint density at radius 2 is 0.914 bits per heavy atom. The number of fused-ring (bicyclic) bond motifs is 6. The number of benzene rings is 8. The van der Waals surface area contributed by atoms with Crippen LogP contribution in [-0.4, -0.2) is 35.4 Å². The molecule has 8 aromatic carbocycles. The number of hydrogen-bond donors (Lipinski definition) is 4. The average molecular weight is 754 g/mol. The van der Waals surface area contributed by atoms with E-state index in [-0.39, 0.29) is 16.9 Å². The Morgan fingerprint density at radius 3 is 1.60 bits per heavy atom. The van der Waals surface area contributed by atoms with Gasteiger partial charge in [0.1, 0.15) is 5.75 Å². The van der Waals surface area contributed by atoms with Crippen molar-refractivity contribution in [3.05, 3.63) is 168 Å². The summed E-state index contributed by atoms with van der Waals surface area (Å²) in [6, 6.07) is 49.1. The van der Waals surface area contributed by atoms with Gasteiger partial charge in [0.25, 0.3) is 0 Å². The lowest BCUT2D eigenvalue weighted by Gasteiger charge is -2.14. The third-order valence-electron chi connectivity index (χ3n) is 11.2. The fourth-order valence-electron chi connectivity index (χ4n) is 8.12. The van der Waals surface area contributed by atoms with Crippen molar-refractivity contribution in [2.45, 2.75) is 13.3 Å². The molecular weight excluding hydrogens is 719 g/mol. The number of aromatic hydroxyl groups is 4. The SMILES string of the molecule is Cc1c(O)c(O)c(O)c(-c2ccc(-c3nc(-c4ccccc4)nc(-c4cccc(-c5cccc(-c6ccc7c8c(c9ccccc9c7c6)CC=C8)c5)c4)n3)cc2)c1O. The van der Waals surface area contributed by atoms with E-state index in [9.17, 15) is 20.4 Å². The molecule has 0 atom stereocenters. The van der Waals surface area contributed by atoms with Gasteiger partial charge in [0.2, 0.25) is 5.75 Å². The summed E-state index contributed by atoms with van der Waals surface area (Å²) in [5, 5.41) is 46.9. The van der Waals surface area contributed by atoms with Gasteiger partial charge in [-0.25, -0.2) is 15.0 Å². The summed E-state index contributed by atoms with van der Waals surface area (Å²) >= 11 is 0. The molecule has 0 spiro atoms. The van der Waals surface area contributed by atoms with E-state index in [0.29, 0.717) is 28.6 Å². The van der Waals surface area contributed by atoms with Gasteiger partial charge < -0.3 is 20.4 Å². The molecule has 0 aliphatic heterocycles. The molecule has 10 rings (SSSR count). The van der Waals surface area contributed by atoms with Crippen molar-refractivity contribution in [3.8, 4) is 90.5 Å². The first-order valence-corrected chi connectivity index (χ1v) is 19.1. The van der Waals surface area contributed by atoms with Gasteiger partial charge in [0, 0.05) is 22.3 Å². The highest BCUT2D eigenvalue weighted by Gasteiger charge is 2.23. The fourth-order valence-corrected chi connectivity index (χ4v) is 8.12. The van der Waals surface area contributed by atoms with Crippen LogP contribution in [0.25, 0.3) is 95.2 Å². The summed E-state index contributed by atoms with van der Waals surface area (Å²) in [6.45, 7) is 1.46. The zero-order chi connectivity index (χ0) is 39.5. The lowest BCUT2D eigenvalue weighted by Crippen LogP contribution is -2.00. The molecule has 0 saturated heterocycles. The quantitative estimate of drug-likeness (QED) is 0.0758. The molecule has 0 unspecified atom stereocenters. The largest absolute Gasteiger partial charge is 0.507 e. The highest BCUT2D eigenvalue weighted by atomic mass is 16.3. The lowest BCUT2D eigenvalue weighted by molar-refractivity contribution is 0.360. The Balaban J connectivity index is 1.03. The molecule has 4 N–H and O–H groups in total. The molecule has 1 aliphatic rings. The number of rotatable bonds is 6. The Labute approximate surface area is 334 Å². The van der Waals surface area contributed by atoms with Crippen LogP contribution in [0.1, 0.15) is 16.7 Å². The van der Waals surface area contributed by atoms with Crippen LogP contribution in [0.15, 0.2) is 152 Å². The molecular formula is C51H35N3O4. The number of allylic oxidation sites excluding steroid dienone is 1. The molecule has 0 saturated carbocycles. The minimum absolute atomic E-state index is 0.0104. The van der Waals surface area contributed by atoms with Crippen LogP contribution in [0.2, 0.25) is 0 Å². The monoisotopic (exact) mass is 753 g/mol. The van der Waals surface area contributed by atoms with Crippen LogP contribution in [0.3, 0.4) is 0 Å². The van der Waals surface area contributed by atoms with Crippen LogP contribution in [0.5, 0.6) is 23.0 Å². The summed E-state index contributed by atoms with van der Waals surface area (Å²) in [5.41, 5.74) is 9.93. The number of aromatic nitrogens is 3. The van der Waals surface area contributed by atoms with Crippen molar-refractivity contribution in [2.24, 2.45) is 0 Å². The van der Waals surface area contributed by atoms with Gasteiger partial charge in [0.15, 0.2) is 29.0 Å². The molecule has 0 amide bonds. The van der Waals surface area contributed by atoms with Gasteiger partial charge in [-0.2, -0.15) is 0 Å². The van der Waals surface area contributed by atoms with Crippen molar-refractivity contribution in [1.82, 2.24) is 15.0 Å². The van der Waals surface area contributed by atoms with Gasteiger partial charge in [-0.15, -0.1) is 0 Å². The minimum Gasteiger partial charge on any atom is -0.507 e. The Bertz CT molecular complexity index is 3110. The third-order valence-corrected chi connectivity index (χ3v) is 11.2. The number of hydrogen-bond acceptors (Lipinski definition) is 7. The van der Waals surface area contributed by atoms with E-state index in [0.717, 1.165) is 39.8 Å². The van der Waals surface area contributed by atoms with Gasteiger partial charge in [-0.3, -0.25) is 0 Å². The Morgan fingerprint density at radius 1 is 0.397 bits per heavy atom. The number of phenolic OH excluding ortho intramolecular Hbond substituents is 4. The van der Waals surface area contributed by atoms with Crippen LogP contribution in [-0.2, 0) is 6.42 Å². The summed E-state index contributed by atoms with van der Waals surface area (Å²) in [7, 11) is 0. The molecule has 0 bridgehead atoms. The molecule has 1 aliphatic carbocycles. The first-order valence-electron chi connectivity index (χ1n) is 19.1. The van der Waals surface area contributed by atoms with Crippen LogP contribution in [0.4, 0.5) is 0 Å². The molecule has 278 valence electrons. The van der Waals surface area contributed by atoms with Crippen LogP contribution < -0.4 is 0 Å². The zero-order valence-electron chi connectivity index (χ0n) is 31.3. The second-order valence-electron chi connectivity index (χ2n) is 14.6. The molecule has 0 radical (unpaired) electrons. The Kier molecular flexibility index (Phi) is 8.23. The van der Waals surface area contributed by atoms with E-state index in [1.165, 1.54) is 39.6 Å². The van der Waals surface area contributed by atoms with E-state index in [1.54, 1.807) is 24.3 Å². The van der Waals surface area contributed by atoms with E-state index in [2.05, 4.69) is 91.0 Å². The second-order valence-corrected chi connectivity index (χ2v) is 14.6. The third kappa shape index (κ3) is 5.80. The van der Waals surface area contributed by atoms with Crippen LogP contribution >= 0.6 is 0 Å². The van der Waals surface area contributed by atoms with Gasteiger partial charge in [-0.1, -0.05) is 140 Å². The number of phenols is 4. The summed E-state index contributed by atoms with van der Waals surface area (Å²) in [6.07, 6.45) is 5.49. The fraction of sp³-hybridized carbons (Fsp3) is 0.0392. The molecule has 9 aromatic rings. The van der Waals surface area contributed by atoms with Gasteiger partial charge in [0.05, 0.1) is 5.56 Å². The molecule has 1 heterocycles. The zero-order valence-corrected chi connectivity index (χ0v) is 31.3. The second kappa shape index (κ2) is 13.8. The van der Waals surface area contributed by atoms with Crippen molar-refractivity contribution in [3.63, 3.8) is 0 Å². The summed E-state index contributed by atoms with van der Waals surface area (Å²) in [5.74, 6) is -0.755. The van der Waals surface area contributed by atoms with E-state index < -0.39 is 17.2 Å². The first-order chi connectivity index (χ1) is 28.3. The molecule has 0 fully saturated rings. The molecule has 1 aromatic heterocycles.